The van der Waals surface area contributed by atoms with Gasteiger partial charge in [-0.05, 0) is 35.6 Å². The first kappa shape index (κ1) is 15.2. The van der Waals surface area contributed by atoms with Crippen LogP contribution in [0.15, 0.2) is 36.9 Å². The number of rotatable bonds is 2. The molecule has 4 rings (SSSR count). The molecule has 1 saturated heterocycles. The Morgan fingerprint density at radius 2 is 2.21 bits per heavy atom. The number of carbonyl (C=O) groups is 1. The molecule has 0 spiro atoms. The average Bonchev–Trinajstić information content (AvgIpc) is 3.26. The van der Waals surface area contributed by atoms with Crippen LogP contribution in [0, 0.1) is 5.92 Å². The number of hydrogen-bond acceptors (Lipinski definition) is 3. The number of carbonyl (C=O) groups excluding carboxylic acids is 1. The Hall–Kier alpha value is -2.34. The van der Waals surface area contributed by atoms with Gasteiger partial charge in [-0.3, -0.25) is 0 Å². The topological polar surface area (TPSA) is 59.4 Å². The molecule has 2 atom stereocenters. The zero-order valence-electron chi connectivity index (χ0n) is 13.8. The molecule has 1 fully saturated rings. The van der Waals surface area contributed by atoms with Crippen LogP contribution >= 0.6 is 0 Å². The van der Waals surface area contributed by atoms with Gasteiger partial charge in [-0.25, -0.2) is 9.78 Å². The summed E-state index contributed by atoms with van der Waals surface area (Å²) in [4.78, 5) is 18.7. The summed E-state index contributed by atoms with van der Waals surface area (Å²) < 4.78 is 7.53. The second kappa shape index (κ2) is 6.28. The lowest BCUT2D eigenvalue weighted by Crippen LogP contribution is -2.45. The normalized spacial score (nSPS) is 23.1. The molecule has 2 aliphatic rings. The number of urea groups is 1. The average molecular weight is 326 g/mol. The van der Waals surface area contributed by atoms with Crippen LogP contribution in [-0.2, 0) is 18.0 Å². The van der Waals surface area contributed by atoms with E-state index in [0.717, 1.165) is 24.2 Å². The molecule has 2 aromatic rings. The number of nitrogens with one attached hydrogen (secondary N) is 1. The van der Waals surface area contributed by atoms with E-state index in [2.05, 4.69) is 21.8 Å². The minimum atomic E-state index is -0.0362. The smallest absolute Gasteiger partial charge is 0.321 e. The number of imidazole rings is 1. The van der Waals surface area contributed by atoms with Crippen molar-refractivity contribution < 1.29 is 9.53 Å². The Bertz CT molecular complexity index is 729. The highest BCUT2D eigenvalue weighted by atomic mass is 16.5. The molecule has 6 heteroatoms. The number of amides is 2. The molecule has 0 bridgehead atoms. The fourth-order valence-electron chi connectivity index (χ4n) is 3.54. The number of hydrogen-bond donors (Lipinski definition) is 1. The maximum absolute atomic E-state index is 12.6. The molecule has 2 amide bonds. The lowest BCUT2D eigenvalue weighted by atomic mass is 9.93. The summed E-state index contributed by atoms with van der Waals surface area (Å²) in [6.07, 6.45) is 6.60. The first-order valence-corrected chi connectivity index (χ1v) is 8.43. The zero-order valence-corrected chi connectivity index (χ0v) is 13.8. The first-order chi connectivity index (χ1) is 11.7. The van der Waals surface area contributed by atoms with Gasteiger partial charge in [0.1, 0.15) is 0 Å². The van der Waals surface area contributed by atoms with Gasteiger partial charge in [0.05, 0.1) is 25.6 Å². The molecule has 3 heterocycles. The van der Waals surface area contributed by atoms with Gasteiger partial charge in [-0.1, -0.05) is 13.0 Å². The molecule has 0 unspecified atom stereocenters. The summed E-state index contributed by atoms with van der Waals surface area (Å²) in [6.45, 7) is 5.02. The van der Waals surface area contributed by atoms with Crippen molar-refractivity contribution in [2.24, 2.45) is 5.92 Å². The number of piperidine rings is 1. The molecular formula is C18H22N4O2. The number of benzene rings is 1. The second-order valence-corrected chi connectivity index (χ2v) is 6.70. The monoisotopic (exact) mass is 326 g/mol. The van der Waals surface area contributed by atoms with Crippen LogP contribution in [0.5, 0.6) is 0 Å². The number of aromatic nitrogens is 2. The summed E-state index contributed by atoms with van der Waals surface area (Å²) >= 11 is 0. The van der Waals surface area contributed by atoms with Gasteiger partial charge in [-0.2, -0.15) is 0 Å². The molecule has 6 nitrogen and oxygen atoms in total. The van der Waals surface area contributed by atoms with Gasteiger partial charge in [-0.15, -0.1) is 0 Å². The van der Waals surface area contributed by atoms with E-state index in [0.29, 0.717) is 25.7 Å². The van der Waals surface area contributed by atoms with Crippen molar-refractivity contribution in [2.45, 2.75) is 32.6 Å². The number of anilines is 1. The third-order valence-corrected chi connectivity index (χ3v) is 5.09. The molecule has 24 heavy (non-hydrogen) atoms. The third-order valence-electron chi connectivity index (χ3n) is 5.09. The van der Waals surface area contributed by atoms with E-state index in [1.54, 1.807) is 6.20 Å². The number of likely N-dealkylation sites (tertiary alicyclic amines) is 1. The van der Waals surface area contributed by atoms with E-state index in [-0.39, 0.29) is 12.1 Å². The van der Waals surface area contributed by atoms with Crippen LogP contribution in [0.25, 0.3) is 0 Å². The Morgan fingerprint density at radius 3 is 3.04 bits per heavy atom. The van der Waals surface area contributed by atoms with Crippen LogP contribution in [-0.4, -0.2) is 33.6 Å². The Labute approximate surface area is 141 Å². The van der Waals surface area contributed by atoms with Crippen molar-refractivity contribution in [3.63, 3.8) is 0 Å². The van der Waals surface area contributed by atoms with Crippen molar-refractivity contribution in [2.75, 3.05) is 18.4 Å². The van der Waals surface area contributed by atoms with Crippen LogP contribution in [0.2, 0.25) is 0 Å². The number of ether oxygens (including phenoxy) is 1. The van der Waals surface area contributed by atoms with Crippen molar-refractivity contribution in [1.82, 2.24) is 14.5 Å². The minimum absolute atomic E-state index is 0.0362. The number of fused-ring (bicyclic) bond motifs is 1. The second-order valence-electron chi connectivity index (χ2n) is 6.70. The summed E-state index contributed by atoms with van der Waals surface area (Å²) in [6, 6.07) is 6.24. The Morgan fingerprint density at radius 1 is 1.33 bits per heavy atom. The lowest BCUT2D eigenvalue weighted by Gasteiger charge is -2.37. The molecule has 0 aliphatic carbocycles. The van der Waals surface area contributed by atoms with E-state index in [9.17, 15) is 4.79 Å². The quantitative estimate of drug-likeness (QED) is 0.923. The molecule has 1 aromatic heterocycles. The Kier molecular flexibility index (Phi) is 3.98. The Balaban J connectivity index is 1.44. The maximum Gasteiger partial charge on any atom is 0.321 e. The minimum Gasteiger partial charge on any atom is -0.372 e. The van der Waals surface area contributed by atoms with Crippen molar-refractivity contribution in [1.29, 1.82) is 0 Å². The molecule has 1 aromatic carbocycles. The highest BCUT2D eigenvalue weighted by Crippen LogP contribution is 2.28. The van der Waals surface area contributed by atoms with Gasteiger partial charge in [0, 0.05) is 31.2 Å². The van der Waals surface area contributed by atoms with Gasteiger partial charge in [0.15, 0.2) is 0 Å². The molecular weight excluding hydrogens is 304 g/mol. The SMILES string of the molecule is C[C@@H]1CCN(C(=O)Nc2ccc3c(c2)COC3)C[C@H]1n1ccnc1. The van der Waals surface area contributed by atoms with Gasteiger partial charge < -0.3 is 19.5 Å². The summed E-state index contributed by atoms with van der Waals surface area (Å²) in [7, 11) is 0. The van der Waals surface area contributed by atoms with E-state index >= 15 is 0 Å². The van der Waals surface area contributed by atoms with Crippen LogP contribution in [0.1, 0.15) is 30.5 Å². The molecule has 1 N–H and O–H groups in total. The summed E-state index contributed by atoms with van der Waals surface area (Å²) in [5, 5.41) is 3.03. The fraction of sp³-hybridized carbons (Fsp3) is 0.444. The van der Waals surface area contributed by atoms with Crippen LogP contribution in [0.4, 0.5) is 10.5 Å². The largest absolute Gasteiger partial charge is 0.372 e. The van der Waals surface area contributed by atoms with Crippen LogP contribution < -0.4 is 5.32 Å². The van der Waals surface area contributed by atoms with E-state index in [1.807, 2.05) is 35.6 Å². The van der Waals surface area contributed by atoms with Crippen molar-refractivity contribution in [3.05, 3.63) is 48.0 Å². The first-order valence-electron chi connectivity index (χ1n) is 8.43. The highest BCUT2D eigenvalue weighted by molar-refractivity contribution is 5.89. The summed E-state index contributed by atoms with van der Waals surface area (Å²) in [5.74, 6) is 0.528. The van der Waals surface area contributed by atoms with E-state index < -0.39 is 0 Å². The molecule has 0 radical (unpaired) electrons. The van der Waals surface area contributed by atoms with E-state index in [1.165, 1.54) is 5.56 Å². The van der Waals surface area contributed by atoms with Gasteiger partial charge in [0.2, 0.25) is 0 Å². The maximum atomic E-state index is 12.6. The summed E-state index contributed by atoms with van der Waals surface area (Å²) in [5.41, 5.74) is 3.21. The van der Waals surface area contributed by atoms with Gasteiger partial charge >= 0.3 is 6.03 Å². The van der Waals surface area contributed by atoms with Crippen molar-refractivity contribution >= 4 is 11.7 Å². The van der Waals surface area contributed by atoms with E-state index in [4.69, 9.17) is 4.74 Å². The van der Waals surface area contributed by atoms with Gasteiger partial charge in [0.25, 0.3) is 0 Å². The molecule has 126 valence electrons. The highest BCUT2D eigenvalue weighted by Gasteiger charge is 2.30. The third kappa shape index (κ3) is 2.89. The zero-order chi connectivity index (χ0) is 16.5. The predicted molar refractivity (Wildman–Crippen MR) is 90.6 cm³/mol. The number of nitrogens with zero attached hydrogens (tertiary/aromatic N) is 3. The van der Waals surface area contributed by atoms with Crippen molar-refractivity contribution in [3.8, 4) is 0 Å². The van der Waals surface area contributed by atoms with Crippen LogP contribution in [0.3, 0.4) is 0 Å². The molecule has 2 aliphatic heterocycles. The predicted octanol–water partition coefficient (Wildman–Crippen LogP) is 3.03. The molecule has 0 saturated carbocycles. The fourth-order valence-corrected chi connectivity index (χ4v) is 3.54. The standard InChI is InChI=1S/C18H22N4O2/c1-13-4-6-21(9-17(13)22-7-5-19-12-22)18(23)20-16-3-2-14-10-24-11-15(14)8-16/h2-3,5,7-8,12-13,17H,4,6,9-11H2,1H3,(H,20,23)/t13-,17-/m1/s1. The lowest BCUT2D eigenvalue weighted by molar-refractivity contribution is 0.134.